The SMILES string of the molecule is C=C(C(C)C)N(Cc1csc(N(C)c2ccc(F)cc2)n1)c1ccc(N(CC)CC)cc1.CC. The lowest BCUT2D eigenvalue weighted by atomic mass is 10.1. The molecule has 184 valence electrons. The quantitative estimate of drug-likeness (QED) is 0.291. The summed E-state index contributed by atoms with van der Waals surface area (Å²) in [7, 11) is 1.95. The molecule has 0 amide bonds. The summed E-state index contributed by atoms with van der Waals surface area (Å²) in [5, 5.41) is 2.96. The van der Waals surface area contributed by atoms with Gasteiger partial charge in [0.15, 0.2) is 5.13 Å². The van der Waals surface area contributed by atoms with E-state index in [4.69, 9.17) is 4.98 Å². The first-order chi connectivity index (χ1) is 16.3. The molecule has 1 heterocycles. The number of halogens is 1. The van der Waals surface area contributed by atoms with Gasteiger partial charge in [-0.05, 0) is 68.3 Å². The van der Waals surface area contributed by atoms with E-state index in [2.05, 4.69) is 73.7 Å². The average Bonchev–Trinajstić information content (AvgIpc) is 3.33. The Bertz CT molecular complexity index is 1010. The molecular formula is C28H39FN4S. The van der Waals surface area contributed by atoms with Crippen molar-refractivity contribution in [3.05, 3.63) is 77.7 Å². The molecular weight excluding hydrogens is 443 g/mol. The van der Waals surface area contributed by atoms with Crippen LogP contribution in [0.3, 0.4) is 0 Å². The zero-order valence-corrected chi connectivity index (χ0v) is 22.5. The van der Waals surface area contributed by atoms with Crippen LogP contribution in [0.4, 0.5) is 26.6 Å². The summed E-state index contributed by atoms with van der Waals surface area (Å²) in [5.41, 5.74) is 5.28. The molecule has 0 aliphatic heterocycles. The van der Waals surface area contributed by atoms with E-state index < -0.39 is 0 Å². The molecule has 0 saturated carbocycles. The number of hydrogen-bond donors (Lipinski definition) is 0. The number of rotatable bonds is 10. The fraction of sp³-hybridized carbons (Fsp3) is 0.393. The maximum atomic E-state index is 13.3. The maximum Gasteiger partial charge on any atom is 0.189 e. The summed E-state index contributed by atoms with van der Waals surface area (Å²) in [6.07, 6.45) is 0. The lowest BCUT2D eigenvalue weighted by molar-refractivity contribution is 0.628. The second-order valence-electron chi connectivity index (χ2n) is 8.08. The molecule has 3 rings (SSSR count). The number of allylic oxidation sites excluding steroid dienone is 1. The Hall–Kier alpha value is -2.86. The molecule has 0 fully saturated rings. The molecule has 0 aliphatic rings. The lowest BCUT2D eigenvalue weighted by Gasteiger charge is -2.29. The van der Waals surface area contributed by atoms with Crippen LogP contribution in [0.25, 0.3) is 0 Å². The van der Waals surface area contributed by atoms with Gasteiger partial charge in [-0.1, -0.05) is 34.3 Å². The highest BCUT2D eigenvalue weighted by Crippen LogP contribution is 2.31. The van der Waals surface area contributed by atoms with Crippen molar-refractivity contribution >= 4 is 33.5 Å². The molecule has 0 spiro atoms. The number of hydrogen-bond acceptors (Lipinski definition) is 5. The monoisotopic (exact) mass is 482 g/mol. The van der Waals surface area contributed by atoms with Gasteiger partial charge in [0.05, 0.1) is 12.2 Å². The van der Waals surface area contributed by atoms with Crippen LogP contribution in [0.5, 0.6) is 0 Å². The largest absolute Gasteiger partial charge is 0.372 e. The van der Waals surface area contributed by atoms with Crippen molar-refractivity contribution in [2.45, 2.75) is 48.1 Å². The first-order valence-corrected chi connectivity index (χ1v) is 13.0. The molecule has 0 N–H and O–H groups in total. The van der Waals surface area contributed by atoms with Gasteiger partial charge < -0.3 is 14.7 Å². The summed E-state index contributed by atoms with van der Waals surface area (Å²) in [4.78, 5) is 11.4. The van der Waals surface area contributed by atoms with E-state index in [1.165, 1.54) is 17.8 Å². The van der Waals surface area contributed by atoms with Crippen molar-refractivity contribution in [3.8, 4) is 0 Å². The summed E-state index contributed by atoms with van der Waals surface area (Å²) < 4.78 is 13.3. The molecule has 0 saturated heterocycles. The van der Waals surface area contributed by atoms with Crippen molar-refractivity contribution in [2.24, 2.45) is 5.92 Å². The van der Waals surface area contributed by atoms with E-state index in [0.717, 1.165) is 41.0 Å². The molecule has 0 bridgehead atoms. The van der Waals surface area contributed by atoms with Crippen LogP contribution in [-0.4, -0.2) is 25.1 Å². The predicted octanol–water partition coefficient (Wildman–Crippen LogP) is 8.10. The van der Waals surface area contributed by atoms with Crippen LogP contribution in [-0.2, 0) is 6.54 Å². The van der Waals surface area contributed by atoms with Crippen LogP contribution in [0, 0.1) is 11.7 Å². The van der Waals surface area contributed by atoms with Crippen molar-refractivity contribution in [1.82, 2.24) is 4.98 Å². The van der Waals surface area contributed by atoms with Crippen LogP contribution in [0.15, 0.2) is 66.2 Å². The van der Waals surface area contributed by atoms with Gasteiger partial charge in [-0.15, -0.1) is 11.3 Å². The van der Waals surface area contributed by atoms with E-state index >= 15 is 0 Å². The Morgan fingerprint density at radius 1 is 0.941 bits per heavy atom. The van der Waals surface area contributed by atoms with Gasteiger partial charge in [-0.3, -0.25) is 0 Å². The highest BCUT2D eigenvalue weighted by atomic mass is 32.1. The standard InChI is InChI=1S/C26H33FN4S.C2H6/c1-7-30(8-2)24-13-15-25(16-14-24)31(20(5)19(3)4)17-22-18-32-26(28-22)29(6)23-11-9-21(27)10-12-23;1-2/h9-16,18-19H,5,7-8,17H2,1-4,6H3;1-2H3. The van der Waals surface area contributed by atoms with E-state index in [-0.39, 0.29) is 5.82 Å². The normalized spacial score (nSPS) is 10.5. The van der Waals surface area contributed by atoms with E-state index in [1.54, 1.807) is 23.5 Å². The Kier molecular flexibility index (Phi) is 10.6. The third-order valence-corrected chi connectivity index (χ3v) is 6.63. The zero-order chi connectivity index (χ0) is 25.3. The fourth-order valence-corrected chi connectivity index (χ4v) is 4.36. The van der Waals surface area contributed by atoms with Gasteiger partial charge in [0.1, 0.15) is 5.82 Å². The van der Waals surface area contributed by atoms with Crippen molar-refractivity contribution in [1.29, 1.82) is 0 Å². The Balaban J connectivity index is 0.00000199. The molecule has 0 radical (unpaired) electrons. The number of aromatic nitrogens is 1. The first-order valence-electron chi connectivity index (χ1n) is 12.1. The number of nitrogens with zero attached hydrogens (tertiary/aromatic N) is 4. The minimum absolute atomic E-state index is 0.239. The zero-order valence-electron chi connectivity index (χ0n) is 21.7. The molecule has 4 nitrogen and oxygen atoms in total. The summed E-state index contributed by atoms with van der Waals surface area (Å²) in [6, 6.07) is 15.2. The second-order valence-corrected chi connectivity index (χ2v) is 8.91. The Morgan fingerprint density at radius 3 is 2.00 bits per heavy atom. The topological polar surface area (TPSA) is 22.6 Å². The van der Waals surface area contributed by atoms with E-state index in [1.807, 2.05) is 25.8 Å². The van der Waals surface area contributed by atoms with Crippen molar-refractivity contribution in [2.75, 3.05) is 34.8 Å². The molecule has 0 unspecified atom stereocenters. The van der Waals surface area contributed by atoms with Gasteiger partial charge in [0, 0.05) is 48.3 Å². The minimum Gasteiger partial charge on any atom is -0.372 e. The Labute approximate surface area is 209 Å². The molecule has 6 heteroatoms. The van der Waals surface area contributed by atoms with Gasteiger partial charge in [-0.25, -0.2) is 9.37 Å². The molecule has 0 atom stereocenters. The number of anilines is 4. The van der Waals surface area contributed by atoms with Gasteiger partial charge in [0.25, 0.3) is 0 Å². The first kappa shape index (κ1) is 27.4. The van der Waals surface area contributed by atoms with Crippen LogP contribution < -0.4 is 14.7 Å². The molecule has 34 heavy (non-hydrogen) atoms. The van der Waals surface area contributed by atoms with Gasteiger partial charge in [0.2, 0.25) is 0 Å². The van der Waals surface area contributed by atoms with E-state index in [9.17, 15) is 4.39 Å². The highest BCUT2D eigenvalue weighted by molar-refractivity contribution is 7.13. The van der Waals surface area contributed by atoms with Crippen molar-refractivity contribution < 1.29 is 4.39 Å². The van der Waals surface area contributed by atoms with Gasteiger partial charge >= 0.3 is 0 Å². The van der Waals surface area contributed by atoms with Crippen molar-refractivity contribution in [3.63, 3.8) is 0 Å². The third kappa shape index (κ3) is 6.83. The third-order valence-electron chi connectivity index (χ3n) is 5.66. The highest BCUT2D eigenvalue weighted by Gasteiger charge is 2.17. The number of thiazole rings is 1. The molecule has 2 aromatic carbocycles. The molecule has 0 aliphatic carbocycles. The predicted molar refractivity (Wildman–Crippen MR) is 148 cm³/mol. The minimum atomic E-state index is -0.239. The lowest BCUT2D eigenvalue weighted by Crippen LogP contribution is -2.25. The van der Waals surface area contributed by atoms with Crippen LogP contribution in [0.1, 0.15) is 47.2 Å². The summed E-state index contributed by atoms with van der Waals surface area (Å²) >= 11 is 1.58. The summed E-state index contributed by atoms with van der Waals surface area (Å²) in [5.74, 6) is 0.0780. The maximum absolute atomic E-state index is 13.3. The Morgan fingerprint density at radius 2 is 1.47 bits per heavy atom. The van der Waals surface area contributed by atoms with Gasteiger partial charge in [-0.2, -0.15) is 0 Å². The second kappa shape index (κ2) is 13.1. The van der Waals surface area contributed by atoms with Crippen LogP contribution in [0.2, 0.25) is 0 Å². The van der Waals surface area contributed by atoms with Crippen LogP contribution >= 0.6 is 11.3 Å². The molecule has 1 aromatic heterocycles. The fourth-order valence-electron chi connectivity index (χ4n) is 3.56. The number of benzene rings is 2. The molecule has 3 aromatic rings. The smallest absolute Gasteiger partial charge is 0.189 e. The average molecular weight is 483 g/mol. The summed E-state index contributed by atoms with van der Waals surface area (Å²) in [6.45, 7) is 19.7. The van der Waals surface area contributed by atoms with E-state index in [0.29, 0.717) is 12.5 Å².